The zero-order valence-electron chi connectivity index (χ0n) is 17.2. The lowest BCUT2D eigenvalue weighted by Gasteiger charge is -2.25. The third-order valence-electron chi connectivity index (χ3n) is 4.32. The Kier molecular flexibility index (Phi) is 7.01. The van der Waals surface area contributed by atoms with Crippen LogP contribution in [0.2, 0.25) is 0 Å². The monoisotopic (exact) mass is 449 g/mol. The summed E-state index contributed by atoms with van der Waals surface area (Å²) in [6, 6.07) is 10.1. The molecule has 1 heterocycles. The van der Waals surface area contributed by atoms with E-state index in [2.05, 4.69) is 0 Å². The number of rotatable bonds is 8. The lowest BCUT2D eigenvalue weighted by atomic mass is 10.2. The van der Waals surface area contributed by atoms with Crippen molar-refractivity contribution in [2.24, 2.45) is 0 Å². The van der Waals surface area contributed by atoms with Crippen molar-refractivity contribution in [2.45, 2.75) is 18.7 Å². The largest absolute Gasteiger partial charge is 0.486 e. The zero-order valence-corrected chi connectivity index (χ0v) is 18.0. The van der Waals surface area contributed by atoms with E-state index < -0.39 is 28.5 Å². The molecule has 0 spiro atoms. The van der Waals surface area contributed by atoms with Gasteiger partial charge in [0.15, 0.2) is 11.5 Å². The first kappa shape index (κ1) is 22.4. The van der Waals surface area contributed by atoms with E-state index in [0.717, 1.165) is 4.31 Å². The van der Waals surface area contributed by atoms with Gasteiger partial charge in [0.2, 0.25) is 0 Å². The van der Waals surface area contributed by atoms with Gasteiger partial charge in [0.1, 0.15) is 19.8 Å². The van der Waals surface area contributed by atoms with Crippen molar-refractivity contribution in [1.82, 2.24) is 0 Å². The van der Waals surface area contributed by atoms with Gasteiger partial charge in [0.05, 0.1) is 29.4 Å². The van der Waals surface area contributed by atoms with Crippen LogP contribution in [-0.2, 0) is 24.3 Å². The maximum atomic E-state index is 13.5. The minimum absolute atomic E-state index is 0.0948. The van der Waals surface area contributed by atoms with E-state index >= 15 is 0 Å². The van der Waals surface area contributed by atoms with Crippen LogP contribution >= 0.6 is 0 Å². The molecule has 1 aliphatic heterocycles. The van der Waals surface area contributed by atoms with Crippen molar-refractivity contribution in [3.8, 4) is 11.5 Å². The van der Waals surface area contributed by atoms with Gasteiger partial charge < -0.3 is 18.9 Å². The maximum Gasteiger partial charge on any atom is 0.338 e. The Balaban J connectivity index is 2.03. The Hall–Kier alpha value is -3.27. The van der Waals surface area contributed by atoms with Gasteiger partial charge in [-0.05, 0) is 44.2 Å². The molecular weight excluding hydrogens is 426 g/mol. The molecule has 0 unspecified atom stereocenters. The van der Waals surface area contributed by atoms with E-state index in [1.807, 2.05) is 0 Å². The molecule has 31 heavy (non-hydrogen) atoms. The average Bonchev–Trinajstić information content (AvgIpc) is 2.77. The molecule has 0 bridgehead atoms. The molecule has 2 aromatic rings. The van der Waals surface area contributed by atoms with Gasteiger partial charge in [-0.15, -0.1) is 0 Å². The summed E-state index contributed by atoms with van der Waals surface area (Å²) >= 11 is 0. The second-order valence-corrected chi connectivity index (χ2v) is 8.26. The number of sulfonamides is 1. The van der Waals surface area contributed by atoms with Crippen molar-refractivity contribution < 1.29 is 37.0 Å². The molecule has 166 valence electrons. The first-order valence-corrected chi connectivity index (χ1v) is 11.2. The van der Waals surface area contributed by atoms with Gasteiger partial charge in [-0.25, -0.2) is 13.2 Å². The van der Waals surface area contributed by atoms with Gasteiger partial charge >= 0.3 is 11.9 Å². The molecule has 9 nitrogen and oxygen atoms in total. The number of carbonyl (C=O) groups is 2. The van der Waals surface area contributed by atoms with Gasteiger partial charge in [-0.2, -0.15) is 0 Å². The highest BCUT2D eigenvalue weighted by molar-refractivity contribution is 7.92. The van der Waals surface area contributed by atoms with Crippen molar-refractivity contribution in [2.75, 3.05) is 37.3 Å². The highest BCUT2D eigenvalue weighted by atomic mass is 32.2. The Bertz CT molecular complexity index is 1070. The second-order valence-electron chi connectivity index (χ2n) is 6.39. The number of benzene rings is 2. The summed E-state index contributed by atoms with van der Waals surface area (Å²) in [6.45, 7) is 3.65. The number of anilines is 1. The molecule has 0 aromatic heterocycles. The molecule has 0 atom stereocenters. The number of ether oxygens (including phenoxy) is 4. The van der Waals surface area contributed by atoms with Crippen LogP contribution in [0, 0.1) is 0 Å². The SMILES string of the molecule is CCOC(=O)CN(c1cccc(C(=O)OCC)c1)S(=O)(=O)c1ccc2c(c1)OCCO2. The van der Waals surface area contributed by atoms with Crippen LogP contribution in [0.1, 0.15) is 24.2 Å². The minimum atomic E-state index is -4.21. The Morgan fingerprint density at radius 1 is 0.968 bits per heavy atom. The number of carbonyl (C=O) groups excluding carboxylic acids is 2. The zero-order chi connectivity index (χ0) is 22.4. The maximum absolute atomic E-state index is 13.5. The molecule has 0 amide bonds. The first-order valence-electron chi connectivity index (χ1n) is 9.72. The van der Waals surface area contributed by atoms with Crippen LogP contribution < -0.4 is 13.8 Å². The molecule has 0 aliphatic carbocycles. The van der Waals surface area contributed by atoms with Crippen LogP contribution in [-0.4, -0.2) is 53.3 Å². The summed E-state index contributed by atoms with van der Waals surface area (Å²) in [5.41, 5.74) is 0.277. The summed E-state index contributed by atoms with van der Waals surface area (Å²) in [5.74, 6) is -0.600. The average molecular weight is 449 g/mol. The fraction of sp³-hybridized carbons (Fsp3) is 0.333. The van der Waals surface area contributed by atoms with Crippen LogP contribution in [0.5, 0.6) is 11.5 Å². The second kappa shape index (κ2) is 9.69. The molecular formula is C21H23NO8S. The van der Waals surface area contributed by atoms with Gasteiger partial charge in [-0.1, -0.05) is 6.07 Å². The Morgan fingerprint density at radius 2 is 1.68 bits per heavy atom. The standard InChI is InChI=1S/C21H23NO8S/c1-3-27-20(23)14-22(16-7-5-6-15(12-16)21(24)28-4-2)31(25,26)17-8-9-18-19(13-17)30-11-10-29-18/h5-9,12-13H,3-4,10-11,14H2,1-2H3. The summed E-state index contributed by atoms with van der Waals surface area (Å²) in [4.78, 5) is 24.2. The van der Waals surface area contributed by atoms with Crippen molar-refractivity contribution in [3.05, 3.63) is 48.0 Å². The van der Waals surface area contributed by atoms with E-state index in [1.165, 1.54) is 42.5 Å². The van der Waals surface area contributed by atoms with Crippen LogP contribution in [0.15, 0.2) is 47.4 Å². The normalized spacial score (nSPS) is 12.7. The molecule has 3 rings (SSSR count). The first-order chi connectivity index (χ1) is 14.9. The highest BCUT2D eigenvalue weighted by Crippen LogP contribution is 2.34. The Labute approximate surface area is 180 Å². The third-order valence-corrected chi connectivity index (χ3v) is 6.09. The van der Waals surface area contributed by atoms with E-state index in [4.69, 9.17) is 18.9 Å². The van der Waals surface area contributed by atoms with E-state index in [-0.39, 0.29) is 29.4 Å². The predicted molar refractivity (Wildman–Crippen MR) is 111 cm³/mol. The number of esters is 2. The lowest BCUT2D eigenvalue weighted by Crippen LogP contribution is -2.36. The van der Waals surface area contributed by atoms with Crippen LogP contribution in [0.3, 0.4) is 0 Å². The van der Waals surface area contributed by atoms with Crippen molar-refractivity contribution >= 4 is 27.6 Å². The van der Waals surface area contributed by atoms with Gasteiger partial charge in [-0.3, -0.25) is 9.10 Å². The predicted octanol–water partition coefficient (Wildman–Crippen LogP) is 2.39. The minimum Gasteiger partial charge on any atom is -0.486 e. The topological polar surface area (TPSA) is 108 Å². The van der Waals surface area contributed by atoms with Crippen LogP contribution in [0.25, 0.3) is 0 Å². The van der Waals surface area contributed by atoms with Crippen molar-refractivity contribution in [3.63, 3.8) is 0 Å². The molecule has 0 N–H and O–H groups in total. The number of nitrogens with zero attached hydrogens (tertiary/aromatic N) is 1. The molecule has 0 saturated heterocycles. The summed E-state index contributed by atoms with van der Waals surface area (Å²) in [6.07, 6.45) is 0. The summed E-state index contributed by atoms with van der Waals surface area (Å²) in [7, 11) is -4.21. The smallest absolute Gasteiger partial charge is 0.338 e. The molecule has 0 radical (unpaired) electrons. The lowest BCUT2D eigenvalue weighted by molar-refractivity contribution is -0.141. The molecule has 2 aromatic carbocycles. The van der Waals surface area contributed by atoms with Gasteiger partial charge in [0, 0.05) is 6.07 Å². The molecule has 1 aliphatic rings. The van der Waals surface area contributed by atoms with Crippen LogP contribution in [0.4, 0.5) is 5.69 Å². The molecule has 0 fully saturated rings. The summed E-state index contributed by atoms with van der Waals surface area (Å²) in [5, 5.41) is 0. The molecule has 0 saturated carbocycles. The van der Waals surface area contributed by atoms with Gasteiger partial charge in [0.25, 0.3) is 10.0 Å². The van der Waals surface area contributed by atoms with E-state index in [0.29, 0.717) is 24.7 Å². The van der Waals surface area contributed by atoms with E-state index in [1.54, 1.807) is 13.8 Å². The fourth-order valence-corrected chi connectivity index (χ4v) is 4.37. The van der Waals surface area contributed by atoms with Crippen molar-refractivity contribution in [1.29, 1.82) is 0 Å². The Morgan fingerprint density at radius 3 is 2.39 bits per heavy atom. The summed E-state index contributed by atoms with van der Waals surface area (Å²) < 4.78 is 48.7. The number of hydrogen-bond acceptors (Lipinski definition) is 8. The fourth-order valence-electron chi connectivity index (χ4n) is 2.95. The van der Waals surface area contributed by atoms with E-state index in [9.17, 15) is 18.0 Å². The molecule has 10 heteroatoms. The third kappa shape index (κ3) is 5.08. The highest BCUT2D eigenvalue weighted by Gasteiger charge is 2.30. The number of hydrogen-bond donors (Lipinski definition) is 0. The quantitative estimate of drug-likeness (QED) is 0.565. The number of fused-ring (bicyclic) bond motifs is 1.